The van der Waals surface area contributed by atoms with Gasteiger partial charge < -0.3 is 29.9 Å². The second kappa shape index (κ2) is 6.98. The van der Waals surface area contributed by atoms with Crippen LogP contribution in [0.25, 0.3) is 0 Å². The summed E-state index contributed by atoms with van der Waals surface area (Å²) < 4.78 is 11.6. The number of phenolic OH excluding ortho intramolecular Hbond substituents is 1. The predicted molar refractivity (Wildman–Crippen MR) is 121 cm³/mol. The number of aliphatic hydroxyl groups is 1. The van der Waals surface area contributed by atoms with E-state index in [4.69, 9.17) is 9.47 Å². The number of ether oxygens (including phenoxy) is 2. The molecule has 5 atom stereocenters. The fourth-order valence-electron chi connectivity index (χ4n) is 6.65. The Morgan fingerprint density at radius 2 is 2.18 bits per heavy atom. The van der Waals surface area contributed by atoms with Crippen LogP contribution in [-0.4, -0.2) is 59.6 Å². The number of piperidine rings is 1. The summed E-state index contributed by atoms with van der Waals surface area (Å²) in [5, 5.41) is 25.3. The highest BCUT2D eigenvalue weighted by Gasteiger charge is 2.68. The number of nitrogens with one attached hydrogen (secondary N) is 1. The van der Waals surface area contributed by atoms with Crippen molar-refractivity contribution in [3.63, 3.8) is 0 Å². The number of carbonyl (C=O) groups is 1. The van der Waals surface area contributed by atoms with Crippen LogP contribution in [0.2, 0.25) is 0 Å². The van der Waals surface area contributed by atoms with Crippen molar-refractivity contribution in [1.29, 1.82) is 0 Å². The number of methoxy groups -OCH3 is 1. The zero-order valence-corrected chi connectivity index (χ0v) is 18.7. The van der Waals surface area contributed by atoms with E-state index in [2.05, 4.69) is 17.3 Å². The van der Waals surface area contributed by atoms with Crippen molar-refractivity contribution in [2.45, 2.75) is 42.5 Å². The average Bonchev–Trinajstić information content (AvgIpc) is 3.16. The van der Waals surface area contributed by atoms with Crippen molar-refractivity contribution in [3.05, 3.63) is 65.2 Å². The topological polar surface area (TPSA) is 91.3 Å². The molecule has 7 heteroatoms. The Morgan fingerprint density at radius 1 is 1.33 bits per heavy atom. The number of benzene rings is 2. The van der Waals surface area contributed by atoms with Gasteiger partial charge in [0.15, 0.2) is 23.3 Å². The first-order valence-electron chi connectivity index (χ1n) is 11.4. The normalized spacial score (nSPS) is 33.2. The lowest BCUT2D eigenvalue weighted by Crippen LogP contribution is -2.71. The number of aromatic hydroxyl groups is 1. The minimum atomic E-state index is -1.69. The third kappa shape index (κ3) is 2.79. The molecule has 2 aliphatic heterocycles. The van der Waals surface area contributed by atoms with Gasteiger partial charge in [-0.2, -0.15) is 0 Å². The van der Waals surface area contributed by atoms with E-state index in [0.717, 1.165) is 36.1 Å². The molecule has 2 aliphatic carbocycles. The third-order valence-electron chi connectivity index (χ3n) is 8.07. The monoisotopic (exact) mass is 448 g/mol. The van der Waals surface area contributed by atoms with E-state index >= 15 is 0 Å². The van der Waals surface area contributed by atoms with Gasteiger partial charge in [-0.25, -0.2) is 0 Å². The Bertz CT molecular complexity index is 1180. The van der Waals surface area contributed by atoms with Gasteiger partial charge in [0.2, 0.25) is 5.91 Å². The maximum absolute atomic E-state index is 13.0. The van der Waals surface area contributed by atoms with Crippen LogP contribution in [0.3, 0.4) is 0 Å². The maximum atomic E-state index is 13.0. The van der Waals surface area contributed by atoms with Gasteiger partial charge in [0, 0.05) is 17.5 Å². The van der Waals surface area contributed by atoms with Crippen LogP contribution < -0.4 is 14.8 Å². The number of phenols is 1. The molecule has 33 heavy (non-hydrogen) atoms. The molecule has 4 aliphatic rings. The lowest BCUT2D eigenvalue weighted by Gasteiger charge is -2.58. The molecule has 6 rings (SSSR count). The lowest BCUT2D eigenvalue weighted by molar-refractivity contribution is -0.141. The van der Waals surface area contributed by atoms with Gasteiger partial charge in [-0.1, -0.05) is 24.3 Å². The first kappa shape index (κ1) is 20.6. The number of nitrogens with zero attached hydrogens (tertiary/aromatic N) is 1. The van der Waals surface area contributed by atoms with Crippen LogP contribution in [0.5, 0.6) is 17.2 Å². The summed E-state index contributed by atoms with van der Waals surface area (Å²) in [5.41, 5.74) is 0.766. The molecule has 1 saturated heterocycles. The molecule has 172 valence electrons. The number of hydrogen-bond donors (Lipinski definition) is 3. The molecule has 7 nitrogen and oxygen atoms in total. The van der Waals surface area contributed by atoms with Gasteiger partial charge in [0.25, 0.3) is 0 Å². The van der Waals surface area contributed by atoms with Gasteiger partial charge in [-0.05, 0) is 61.8 Å². The average molecular weight is 449 g/mol. The van der Waals surface area contributed by atoms with E-state index in [0.29, 0.717) is 11.5 Å². The van der Waals surface area contributed by atoms with Crippen molar-refractivity contribution < 1.29 is 24.5 Å². The van der Waals surface area contributed by atoms with Crippen molar-refractivity contribution in [2.75, 3.05) is 20.7 Å². The van der Waals surface area contributed by atoms with E-state index in [9.17, 15) is 15.0 Å². The van der Waals surface area contributed by atoms with Crippen LogP contribution >= 0.6 is 0 Å². The van der Waals surface area contributed by atoms with Crippen molar-refractivity contribution in [2.24, 2.45) is 5.92 Å². The van der Waals surface area contributed by atoms with Gasteiger partial charge >= 0.3 is 0 Å². The first-order chi connectivity index (χ1) is 15.9. The number of carbonyl (C=O) groups excluding carboxylic acids is 1. The van der Waals surface area contributed by atoms with Gasteiger partial charge in [0.05, 0.1) is 18.9 Å². The second-order valence-corrected chi connectivity index (χ2v) is 9.77. The van der Waals surface area contributed by atoms with Crippen LogP contribution in [0.15, 0.2) is 48.6 Å². The molecule has 2 heterocycles. The van der Waals surface area contributed by atoms with Crippen LogP contribution in [0.1, 0.15) is 23.1 Å². The van der Waals surface area contributed by atoms with E-state index < -0.39 is 17.2 Å². The summed E-state index contributed by atoms with van der Waals surface area (Å²) in [6.07, 6.45) is 4.76. The maximum Gasteiger partial charge on any atom is 0.226 e. The van der Waals surface area contributed by atoms with E-state index in [1.54, 1.807) is 19.3 Å². The predicted octanol–water partition coefficient (Wildman–Crippen LogP) is 1.89. The quantitative estimate of drug-likeness (QED) is 0.489. The van der Waals surface area contributed by atoms with Gasteiger partial charge in [0.1, 0.15) is 5.75 Å². The molecule has 1 amide bonds. The Hall–Kier alpha value is -3.03. The summed E-state index contributed by atoms with van der Waals surface area (Å²) in [7, 11) is 3.72. The van der Waals surface area contributed by atoms with Gasteiger partial charge in [-0.3, -0.25) is 4.79 Å². The Morgan fingerprint density at radius 3 is 3.00 bits per heavy atom. The zero-order chi connectivity index (χ0) is 23.0. The minimum absolute atomic E-state index is 0.0821. The molecule has 0 radical (unpaired) electrons. The summed E-state index contributed by atoms with van der Waals surface area (Å²) in [4.78, 5) is 15.4. The Balaban J connectivity index is 1.38. The standard InChI is InChI=1S/C26H28N2O5/c1-28-11-10-25-18-8-9-26(31,27-21(30)13-15-4-3-5-17(12-15)32-2)24(25)33-23-20(29)7-6-16(22(23)25)14-19(18)28/h3-9,12,18-19,24,29,31H,10-11,13-14H2,1-2H3,(H,27,30)/t18-,19+,24+,25-,26-/m0/s1. The highest BCUT2D eigenvalue weighted by Crippen LogP contribution is 2.63. The number of likely N-dealkylation sites (tertiary alicyclic amines) is 1. The SMILES string of the molecule is COc1cccc(CC(=O)N[C@]2(O)C=C[C@H]3[C@H]4Cc5ccc(O)c6c5[C@@]3(CCN4C)[C@H]2O6)c1. The fraction of sp³-hybridized carbons (Fsp3) is 0.423. The molecule has 2 aromatic rings. The minimum Gasteiger partial charge on any atom is -0.504 e. The largest absolute Gasteiger partial charge is 0.504 e. The molecule has 0 aromatic heterocycles. The molecule has 0 saturated carbocycles. The summed E-state index contributed by atoms with van der Waals surface area (Å²) in [6.45, 7) is 0.858. The molecular formula is C26H28N2O5. The van der Waals surface area contributed by atoms with Crippen LogP contribution in [0, 0.1) is 5.92 Å². The number of hydrogen-bond acceptors (Lipinski definition) is 6. The zero-order valence-electron chi connectivity index (χ0n) is 18.7. The van der Waals surface area contributed by atoms with Crippen molar-refractivity contribution in [3.8, 4) is 17.2 Å². The molecule has 0 unspecified atom stereocenters. The van der Waals surface area contributed by atoms with Crippen LogP contribution in [0.4, 0.5) is 0 Å². The highest BCUT2D eigenvalue weighted by atomic mass is 16.5. The fourth-order valence-corrected chi connectivity index (χ4v) is 6.65. The molecule has 2 aromatic carbocycles. The Kier molecular flexibility index (Phi) is 4.35. The number of rotatable bonds is 4. The first-order valence-corrected chi connectivity index (χ1v) is 11.4. The third-order valence-corrected chi connectivity index (χ3v) is 8.07. The highest BCUT2D eigenvalue weighted by molar-refractivity contribution is 5.80. The molecule has 2 bridgehead atoms. The summed E-state index contributed by atoms with van der Waals surface area (Å²) >= 11 is 0. The molecule has 1 spiro atoms. The van der Waals surface area contributed by atoms with Crippen LogP contribution in [-0.2, 0) is 23.1 Å². The van der Waals surface area contributed by atoms with Gasteiger partial charge in [-0.15, -0.1) is 0 Å². The summed E-state index contributed by atoms with van der Waals surface area (Å²) in [5.74, 6) is 1.03. The smallest absolute Gasteiger partial charge is 0.226 e. The Labute approximate surface area is 192 Å². The second-order valence-electron chi connectivity index (χ2n) is 9.77. The van der Waals surface area contributed by atoms with Crippen molar-refractivity contribution in [1.82, 2.24) is 10.2 Å². The number of amides is 1. The summed E-state index contributed by atoms with van der Waals surface area (Å²) in [6, 6.07) is 11.2. The molecule has 1 fully saturated rings. The van der Waals surface area contributed by atoms with Crippen molar-refractivity contribution >= 4 is 5.91 Å². The number of likely N-dealkylation sites (N-methyl/N-ethyl adjacent to an activating group) is 1. The van der Waals surface area contributed by atoms with E-state index in [-0.39, 0.29) is 30.0 Å². The molecule has 3 N–H and O–H groups in total. The lowest BCUT2D eigenvalue weighted by atomic mass is 9.52. The van der Waals surface area contributed by atoms with E-state index in [1.807, 2.05) is 36.4 Å². The molecular weight excluding hydrogens is 420 g/mol. The van der Waals surface area contributed by atoms with E-state index in [1.165, 1.54) is 0 Å².